The van der Waals surface area contributed by atoms with E-state index in [9.17, 15) is 0 Å². The Morgan fingerprint density at radius 3 is 2.79 bits per heavy atom. The van der Waals surface area contributed by atoms with Crippen LogP contribution in [0, 0.1) is 0 Å². The molecule has 0 N–H and O–H groups in total. The van der Waals surface area contributed by atoms with Crippen molar-refractivity contribution in [1.29, 1.82) is 0 Å². The summed E-state index contributed by atoms with van der Waals surface area (Å²) in [5.74, 6) is 0.579. The number of hydrogen-bond donors (Lipinski definition) is 0. The standard InChI is InChI=1S/C12H20N2/c1-3-4-5-6-7-11(2)12-8-9-13-10-14-12/h8-11H,3-7H2,1-2H3. The fourth-order valence-electron chi connectivity index (χ4n) is 1.62. The van der Waals surface area contributed by atoms with E-state index < -0.39 is 0 Å². The van der Waals surface area contributed by atoms with Crippen LogP contribution in [-0.2, 0) is 0 Å². The molecule has 1 unspecified atom stereocenters. The van der Waals surface area contributed by atoms with Gasteiger partial charge in [-0.15, -0.1) is 0 Å². The summed E-state index contributed by atoms with van der Waals surface area (Å²) in [7, 11) is 0. The lowest BCUT2D eigenvalue weighted by atomic mass is 9.99. The highest BCUT2D eigenvalue weighted by molar-refractivity contribution is 5.03. The summed E-state index contributed by atoms with van der Waals surface area (Å²) >= 11 is 0. The van der Waals surface area contributed by atoms with Crippen molar-refractivity contribution in [2.75, 3.05) is 0 Å². The van der Waals surface area contributed by atoms with Crippen molar-refractivity contribution in [3.63, 3.8) is 0 Å². The molecule has 1 heterocycles. The second kappa shape index (κ2) is 6.52. The van der Waals surface area contributed by atoms with Crippen LogP contribution in [-0.4, -0.2) is 9.97 Å². The zero-order valence-electron chi connectivity index (χ0n) is 9.24. The minimum absolute atomic E-state index is 0.579. The molecular formula is C12H20N2. The quantitative estimate of drug-likeness (QED) is 0.644. The first-order valence-electron chi connectivity index (χ1n) is 5.60. The predicted molar refractivity (Wildman–Crippen MR) is 59.2 cm³/mol. The zero-order valence-corrected chi connectivity index (χ0v) is 9.24. The number of unbranched alkanes of at least 4 members (excludes halogenated alkanes) is 3. The molecule has 0 fully saturated rings. The largest absolute Gasteiger partial charge is 0.245 e. The minimum Gasteiger partial charge on any atom is -0.245 e. The van der Waals surface area contributed by atoms with E-state index in [0.29, 0.717) is 5.92 Å². The van der Waals surface area contributed by atoms with E-state index in [1.165, 1.54) is 37.8 Å². The Kier molecular flexibility index (Phi) is 5.20. The molecule has 0 aliphatic rings. The lowest BCUT2D eigenvalue weighted by Crippen LogP contribution is -1.97. The molecule has 0 aliphatic heterocycles. The van der Waals surface area contributed by atoms with Crippen LogP contribution in [0.5, 0.6) is 0 Å². The van der Waals surface area contributed by atoms with Crippen molar-refractivity contribution in [3.8, 4) is 0 Å². The normalized spacial score (nSPS) is 12.7. The lowest BCUT2D eigenvalue weighted by Gasteiger charge is -2.09. The van der Waals surface area contributed by atoms with Gasteiger partial charge in [-0.1, -0.05) is 39.5 Å². The van der Waals surface area contributed by atoms with E-state index in [1.54, 1.807) is 6.33 Å². The maximum Gasteiger partial charge on any atom is 0.115 e. The van der Waals surface area contributed by atoms with Gasteiger partial charge in [0, 0.05) is 11.9 Å². The predicted octanol–water partition coefficient (Wildman–Crippen LogP) is 3.55. The van der Waals surface area contributed by atoms with Crippen LogP contribution in [0.25, 0.3) is 0 Å². The smallest absolute Gasteiger partial charge is 0.115 e. The molecule has 0 saturated heterocycles. The van der Waals surface area contributed by atoms with E-state index in [0.717, 1.165) is 0 Å². The monoisotopic (exact) mass is 192 g/mol. The molecular weight excluding hydrogens is 172 g/mol. The Morgan fingerprint density at radius 2 is 2.14 bits per heavy atom. The summed E-state index contributed by atoms with van der Waals surface area (Å²) in [6.45, 7) is 4.49. The van der Waals surface area contributed by atoms with E-state index >= 15 is 0 Å². The van der Waals surface area contributed by atoms with Gasteiger partial charge in [-0.05, 0) is 18.4 Å². The highest BCUT2D eigenvalue weighted by atomic mass is 14.8. The number of nitrogens with zero attached hydrogens (tertiary/aromatic N) is 2. The average molecular weight is 192 g/mol. The molecule has 1 atom stereocenters. The summed E-state index contributed by atoms with van der Waals surface area (Å²) in [5, 5.41) is 0. The summed E-state index contributed by atoms with van der Waals surface area (Å²) in [5.41, 5.74) is 1.18. The Labute approximate surface area is 86.8 Å². The first kappa shape index (κ1) is 11.2. The van der Waals surface area contributed by atoms with Crippen LogP contribution in [0.2, 0.25) is 0 Å². The fourth-order valence-corrected chi connectivity index (χ4v) is 1.62. The first-order valence-corrected chi connectivity index (χ1v) is 5.60. The third kappa shape index (κ3) is 3.86. The number of aromatic nitrogens is 2. The maximum absolute atomic E-state index is 4.27. The molecule has 14 heavy (non-hydrogen) atoms. The van der Waals surface area contributed by atoms with Gasteiger partial charge in [0.2, 0.25) is 0 Å². The highest BCUT2D eigenvalue weighted by Gasteiger charge is 2.05. The third-order valence-electron chi connectivity index (χ3n) is 2.60. The van der Waals surface area contributed by atoms with Crippen molar-refractivity contribution in [2.24, 2.45) is 0 Å². The Bertz CT molecular complexity index is 233. The van der Waals surface area contributed by atoms with Crippen molar-refractivity contribution in [3.05, 3.63) is 24.3 Å². The molecule has 1 rings (SSSR count). The van der Waals surface area contributed by atoms with Gasteiger partial charge >= 0.3 is 0 Å². The SMILES string of the molecule is CCCCCCC(C)c1ccncn1. The van der Waals surface area contributed by atoms with Crippen molar-refractivity contribution < 1.29 is 0 Å². The van der Waals surface area contributed by atoms with Gasteiger partial charge in [-0.3, -0.25) is 0 Å². The second-order valence-electron chi connectivity index (χ2n) is 3.88. The molecule has 0 radical (unpaired) electrons. The summed E-state index contributed by atoms with van der Waals surface area (Å²) in [6.07, 6.45) is 10.0. The van der Waals surface area contributed by atoms with Gasteiger partial charge in [0.25, 0.3) is 0 Å². The highest BCUT2D eigenvalue weighted by Crippen LogP contribution is 2.19. The van der Waals surface area contributed by atoms with E-state index in [2.05, 4.69) is 23.8 Å². The third-order valence-corrected chi connectivity index (χ3v) is 2.60. The molecule has 1 aromatic rings. The molecule has 0 aromatic carbocycles. The van der Waals surface area contributed by atoms with Gasteiger partial charge < -0.3 is 0 Å². The topological polar surface area (TPSA) is 25.8 Å². The zero-order chi connectivity index (χ0) is 10.2. The second-order valence-corrected chi connectivity index (χ2v) is 3.88. The molecule has 0 spiro atoms. The Hall–Kier alpha value is -0.920. The minimum atomic E-state index is 0.579. The summed E-state index contributed by atoms with van der Waals surface area (Å²) < 4.78 is 0. The molecule has 0 amide bonds. The Morgan fingerprint density at radius 1 is 1.29 bits per heavy atom. The van der Waals surface area contributed by atoms with Gasteiger partial charge in [-0.25, -0.2) is 9.97 Å². The average Bonchev–Trinajstić information content (AvgIpc) is 2.25. The molecule has 78 valence electrons. The van der Waals surface area contributed by atoms with Crippen LogP contribution in [0.4, 0.5) is 0 Å². The molecule has 0 saturated carbocycles. The summed E-state index contributed by atoms with van der Waals surface area (Å²) in [4.78, 5) is 8.19. The fraction of sp³-hybridized carbons (Fsp3) is 0.667. The van der Waals surface area contributed by atoms with Crippen molar-refractivity contribution in [1.82, 2.24) is 9.97 Å². The van der Waals surface area contributed by atoms with Gasteiger partial charge in [0.1, 0.15) is 6.33 Å². The van der Waals surface area contributed by atoms with E-state index in [1.807, 2.05) is 12.3 Å². The van der Waals surface area contributed by atoms with Gasteiger partial charge in [-0.2, -0.15) is 0 Å². The number of rotatable bonds is 6. The van der Waals surface area contributed by atoms with Crippen LogP contribution in [0.1, 0.15) is 57.6 Å². The van der Waals surface area contributed by atoms with E-state index in [-0.39, 0.29) is 0 Å². The number of hydrogen-bond acceptors (Lipinski definition) is 2. The van der Waals surface area contributed by atoms with Crippen LogP contribution in [0.15, 0.2) is 18.6 Å². The van der Waals surface area contributed by atoms with Crippen molar-refractivity contribution in [2.45, 2.75) is 51.9 Å². The lowest BCUT2D eigenvalue weighted by molar-refractivity contribution is 0.571. The summed E-state index contributed by atoms with van der Waals surface area (Å²) in [6, 6.07) is 2.02. The molecule has 1 aromatic heterocycles. The van der Waals surface area contributed by atoms with Crippen LogP contribution in [0.3, 0.4) is 0 Å². The van der Waals surface area contributed by atoms with E-state index in [4.69, 9.17) is 0 Å². The van der Waals surface area contributed by atoms with Gasteiger partial charge in [0.15, 0.2) is 0 Å². The molecule has 0 bridgehead atoms. The van der Waals surface area contributed by atoms with Gasteiger partial charge in [0.05, 0.1) is 0 Å². The molecule has 2 nitrogen and oxygen atoms in total. The van der Waals surface area contributed by atoms with Crippen molar-refractivity contribution >= 4 is 0 Å². The first-order chi connectivity index (χ1) is 6.84. The van der Waals surface area contributed by atoms with Crippen LogP contribution >= 0.6 is 0 Å². The van der Waals surface area contributed by atoms with Crippen LogP contribution < -0.4 is 0 Å². The molecule has 0 aliphatic carbocycles. The molecule has 2 heteroatoms. The Balaban J connectivity index is 2.25. The maximum atomic E-state index is 4.27.